The molecular formula is C24H34N2O4S. The Balaban J connectivity index is 2.12. The van der Waals surface area contributed by atoms with E-state index in [1.165, 1.54) is 0 Å². The molecule has 0 aliphatic heterocycles. The van der Waals surface area contributed by atoms with Gasteiger partial charge in [0.25, 0.3) is 0 Å². The molecule has 0 aliphatic carbocycles. The van der Waals surface area contributed by atoms with Crippen LogP contribution in [0, 0.1) is 0 Å². The molecule has 2 rings (SSSR count). The van der Waals surface area contributed by atoms with Crippen molar-refractivity contribution in [1.29, 1.82) is 0 Å². The highest BCUT2D eigenvalue weighted by atomic mass is 32.1. The van der Waals surface area contributed by atoms with Crippen molar-refractivity contribution in [2.24, 2.45) is 0 Å². The number of rotatable bonds is 13. The Kier molecular flexibility index (Phi) is 10.4. The van der Waals surface area contributed by atoms with Crippen molar-refractivity contribution in [3.8, 4) is 11.5 Å². The van der Waals surface area contributed by atoms with Gasteiger partial charge in [-0.25, -0.2) is 0 Å². The first-order chi connectivity index (χ1) is 15.0. The maximum Gasteiger partial charge on any atom is 0.242 e. The summed E-state index contributed by atoms with van der Waals surface area (Å²) in [6.45, 7) is 5.85. The van der Waals surface area contributed by atoms with E-state index in [0.29, 0.717) is 44.0 Å². The molecule has 2 aromatic rings. The van der Waals surface area contributed by atoms with Gasteiger partial charge in [-0.1, -0.05) is 26.0 Å². The highest BCUT2D eigenvalue weighted by Crippen LogP contribution is 2.27. The molecule has 1 aromatic heterocycles. The van der Waals surface area contributed by atoms with Crippen LogP contribution in [0.25, 0.3) is 0 Å². The highest BCUT2D eigenvalue weighted by molar-refractivity contribution is 7.09. The zero-order valence-corrected chi connectivity index (χ0v) is 19.9. The number of carbonyl (C=O) groups excluding carboxylic acids is 2. The summed E-state index contributed by atoms with van der Waals surface area (Å²) in [4.78, 5) is 30.3. The average Bonchev–Trinajstić information content (AvgIpc) is 3.29. The second-order valence-electron chi connectivity index (χ2n) is 7.40. The Labute approximate surface area is 189 Å². The number of nitrogens with zero attached hydrogens (tertiary/aromatic N) is 2. The number of methoxy groups -OCH3 is 2. The fourth-order valence-electron chi connectivity index (χ4n) is 3.38. The highest BCUT2D eigenvalue weighted by Gasteiger charge is 2.21. The minimum atomic E-state index is -0.0215. The van der Waals surface area contributed by atoms with Crippen LogP contribution in [0.4, 0.5) is 0 Å². The van der Waals surface area contributed by atoms with Crippen molar-refractivity contribution >= 4 is 23.2 Å². The summed E-state index contributed by atoms with van der Waals surface area (Å²) in [7, 11) is 3.23. The Morgan fingerprint density at radius 1 is 0.935 bits per heavy atom. The van der Waals surface area contributed by atoms with E-state index in [2.05, 4.69) is 0 Å². The van der Waals surface area contributed by atoms with Crippen LogP contribution < -0.4 is 9.47 Å². The van der Waals surface area contributed by atoms with Crippen LogP contribution in [0.3, 0.4) is 0 Å². The van der Waals surface area contributed by atoms with Crippen molar-refractivity contribution in [3.05, 3.63) is 46.2 Å². The topological polar surface area (TPSA) is 59.1 Å². The van der Waals surface area contributed by atoms with Crippen LogP contribution >= 0.6 is 11.3 Å². The van der Waals surface area contributed by atoms with Gasteiger partial charge in [-0.15, -0.1) is 11.3 Å². The molecule has 0 spiro atoms. The van der Waals surface area contributed by atoms with Gasteiger partial charge in [0.15, 0.2) is 11.5 Å². The lowest BCUT2D eigenvalue weighted by molar-refractivity contribution is -0.141. The van der Waals surface area contributed by atoms with Crippen molar-refractivity contribution in [2.75, 3.05) is 33.9 Å². The van der Waals surface area contributed by atoms with Crippen LogP contribution in [-0.4, -0.2) is 55.5 Å². The fraction of sp³-hybridized carbons (Fsp3) is 0.500. The van der Waals surface area contributed by atoms with Gasteiger partial charge in [0, 0.05) is 24.4 Å². The van der Waals surface area contributed by atoms with Gasteiger partial charge in [-0.3, -0.25) is 9.59 Å². The average molecular weight is 447 g/mol. The lowest BCUT2D eigenvalue weighted by atomic mass is 10.1. The largest absolute Gasteiger partial charge is 0.493 e. The molecule has 0 radical (unpaired) electrons. The number of hydrogen-bond acceptors (Lipinski definition) is 5. The van der Waals surface area contributed by atoms with Crippen molar-refractivity contribution in [2.45, 2.75) is 46.1 Å². The quantitative estimate of drug-likeness (QED) is 0.458. The first kappa shape index (κ1) is 24.7. The van der Waals surface area contributed by atoms with E-state index in [1.807, 2.05) is 54.5 Å². The van der Waals surface area contributed by atoms with Gasteiger partial charge in [-0.2, -0.15) is 0 Å². The lowest BCUT2D eigenvalue weighted by Crippen LogP contribution is -2.43. The molecule has 0 fully saturated rings. The molecule has 0 unspecified atom stereocenters. The molecule has 2 amide bonds. The lowest BCUT2D eigenvalue weighted by Gasteiger charge is -2.27. The SMILES string of the molecule is CCCC(=O)N(CCC)CC(=O)N(CCc1ccc(OC)c(OC)c1)Cc1cccs1. The molecule has 31 heavy (non-hydrogen) atoms. The maximum atomic E-state index is 13.2. The molecule has 0 aliphatic rings. The normalized spacial score (nSPS) is 10.6. The second kappa shape index (κ2) is 13.0. The van der Waals surface area contributed by atoms with Crippen LogP contribution in [0.5, 0.6) is 11.5 Å². The van der Waals surface area contributed by atoms with Crippen LogP contribution in [-0.2, 0) is 22.6 Å². The van der Waals surface area contributed by atoms with Crippen LogP contribution in [0.2, 0.25) is 0 Å². The Morgan fingerprint density at radius 2 is 1.71 bits per heavy atom. The zero-order chi connectivity index (χ0) is 22.6. The summed E-state index contributed by atoms with van der Waals surface area (Å²) in [6, 6.07) is 9.84. The molecule has 7 heteroatoms. The third kappa shape index (κ3) is 7.58. The maximum absolute atomic E-state index is 13.2. The molecule has 6 nitrogen and oxygen atoms in total. The van der Waals surface area contributed by atoms with E-state index in [1.54, 1.807) is 30.5 Å². The second-order valence-corrected chi connectivity index (χ2v) is 8.43. The summed E-state index contributed by atoms with van der Waals surface area (Å²) < 4.78 is 10.7. The van der Waals surface area contributed by atoms with E-state index in [-0.39, 0.29) is 18.4 Å². The fourth-order valence-corrected chi connectivity index (χ4v) is 4.10. The van der Waals surface area contributed by atoms with Crippen LogP contribution in [0.15, 0.2) is 35.7 Å². The zero-order valence-electron chi connectivity index (χ0n) is 19.1. The van der Waals surface area contributed by atoms with Crippen LogP contribution in [0.1, 0.15) is 43.6 Å². The van der Waals surface area contributed by atoms with Gasteiger partial charge in [-0.05, 0) is 48.4 Å². The standard InChI is InChI=1S/C24H34N2O4S/c1-5-8-23(27)25(13-6-2)18-24(28)26(17-20-9-7-15-31-20)14-12-19-10-11-21(29-3)22(16-19)30-4/h7,9-11,15-16H,5-6,8,12-14,17-18H2,1-4H3. The van der Waals surface area contributed by atoms with E-state index >= 15 is 0 Å². The summed E-state index contributed by atoms with van der Waals surface area (Å²) >= 11 is 1.63. The Bertz CT molecular complexity index is 823. The molecule has 170 valence electrons. The van der Waals surface area contributed by atoms with E-state index in [0.717, 1.165) is 23.3 Å². The third-order valence-electron chi connectivity index (χ3n) is 5.03. The predicted molar refractivity (Wildman–Crippen MR) is 125 cm³/mol. The van der Waals surface area contributed by atoms with Crippen molar-refractivity contribution in [3.63, 3.8) is 0 Å². The number of benzene rings is 1. The molecule has 1 heterocycles. The Hall–Kier alpha value is -2.54. The first-order valence-corrected chi connectivity index (χ1v) is 11.7. The number of thiophene rings is 1. The molecular weight excluding hydrogens is 412 g/mol. The number of ether oxygens (including phenoxy) is 2. The predicted octanol–water partition coefficient (Wildman–Crippen LogP) is 4.38. The minimum Gasteiger partial charge on any atom is -0.493 e. The number of amides is 2. The third-order valence-corrected chi connectivity index (χ3v) is 5.90. The monoisotopic (exact) mass is 446 g/mol. The summed E-state index contributed by atoms with van der Waals surface area (Å²) in [5.41, 5.74) is 1.06. The Morgan fingerprint density at radius 3 is 2.32 bits per heavy atom. The number of carbonyl (C=O) groups is 2. The molecule has 0 N–H and O–H groups in total. The van der Waals surface area contributed by atoms with E-state index < -0.39 is 0 Å². The van der Waals surface area contributed by atoms with Gasteiger partial charge >= 0.3 is 0 Å². The minimum absolute atomic E-state index is 0.0215. The molecule has 1 aromatic carbocycles. The van der Waals surface area contributed by atoms with E-state index in [4.69, 9.17) is 9.47 Å². The smallest absolute Gasteiger partial charge is 0.242 e. The molecule has 0 saturated heterocycles. The summed E-state index contributed by atoms with van der Waals surface area (Å²) in [5, 5.41) is 2.01. The summed E-state index contributed by atoms with van der Waals surface area (Å²) in [5.74, 6) is 1.39. The number of hydrogen-bond donors (Lipinski definition) is 0. The van der Waals surface area contributed by atoms with E-state index in [9.17, 15) is 9.59 Å². The first-order valence-electron chi connectivity index (χ1n) is 10.8. The molecule has 0 bridgehead atoms. The van der Waals surface area contributed by atoms with Crippen molar-refractivity contribution in [1.82, 2.24) is 9.80 Å². The van der Waals surface area contributed by atoms with Gasteiger partial charge in [0.2, 0.25) is 11.8 Å². The summed E-state index contributed by atoms with van der Waals surface area (Å²) in [6.07, 6.45) is 2.78. The van der Waals surface area contributed by atoms with Gasteiger partial charge < -0.3 is 19.3 Å². The molecule has 0 saturated carbocycles. The van der Waals surface area contributed by atoms with Gasteiger partial charge in [0.1, 0.15) is 0 Å². The van der Waals surface area contributed by atoms with Gasteiger partial charge in [0.05, 0.1) is 27.3 Å². The molecule has 0 atom stereocenters. The van der Waals surface area contributed by atoms with Crippen molar-refractivity contribution < 1.29 is 19.1 Å².